The van der Waals surface area contributed by atoms with Crippen molar-refractivity contribution in [2.45, 2.75) is 6.61 Å². The number of ether oxygens (including phenoxy) is 2. The summed E-state index contributed by atoms with van der Waals surface area (Å²) in [6.07, 6.45) is 1.40. The topological polar surface area (TPSA) is 129 Å². The van der Waals surface area contributed by atoms with Gasteiger partial charge in [0.25, 0.3) is 5.69 Å². The first-order valence-corrected chi connectivity index (χ1v) is 9.53. The average molecular weight is 457 g/mol. The highest BCUT2D eigenvalue weighted by Gasteiger charge is 2.19. The van der Waals surface area contributed by atoms with E-state index in [1.54, 1.807) is 24.3 Å². The molecule has 0 aromatic heterocycles. The predicted octanol–water partition coefficient (Wildman–Crippen LogP) is 5.19. The molecule has 0 unspecified atom stereocenters. The molecule has 0 fully saturated rings. The molecule has 3 aromatic rings. The van der Waals surface area contributed by atoms with Crippen LogP contribution in [0.4, 0.5) is 17.1 Å². The molecule has 32 heavy (non-hydrogen) atoms. The van der Waals surface area contributed by atoms with E-state index in [0.29, 0.717) is 22.1 Å². The normalized spacial score (nSPS) is 10.7. The third-order valence-corrected chi connectivity index (χ3v) is 4.71. The van der Waals surface area contributed by atoms with Crippen LogP contribution in [0.25, 0.3) is 0 Å². The fourth-order valence-electron chi connectivity index (χ4n) is 2.77. The lowest BCUT2D eigenvalue weighted by molar-refractivity contribution is -0.393. The van der Waals surface area contributed by atoms with Crippen LogP contribution in [0.1, 0.15) is 11.1 Å². The molecular formula is C21H17ClN4O6. The van der Waals surface area contributed by atoms with Gasteiger partial charge in [-0.05, 0) is 24.3 Å². The van der Waals surface area contributed by atoms with Gasteiger partial charge in [0.1, 0.15) is 12.3 Å². The van der Waals surface area contributed by atoms with Crippen LogP contribution in [0.2, 0.25) is 5.02 Å². The third kappa shape index (κ3) is 5.29. The van der Waals surface area contributed by atoms with Crippen LogP contribution >= 0.6 is 11.6 Å². The Labute approximate surface area is 187 Å². The summed E-state index contributed by atoms with van der Waals surface area (Å²) in [6.45, 7) is 0.183. The van der Waals surface area contributed by atoms with Crippen molar-refractivity contribution < 1.29 is 19.3 Å². The molecule has 0 atom stereocenters. The molecule has 0 amide bonds. The standard InChI is InChI=1S/C21H17ClN4O6/c1-31-20-8-4-6-14(21(20)32-13-15-5-2-3-7-17(15)22)12-23-24-18-10-9-16(25(27)28)11-19(18)26(29)30/h2-12,24H,13H2,1H3. The Morgan fingerprint density at radius 2 is 1.84 bits per heavy atom. The van der Waals surface area contributed by atoms with E-state index in [-0.39, 0.29) is 12.3 Å². The zero-order valence-electron chi connectivity index (χ0n) is 16.7. The molecular weight excluding hydrogens is 440 g/mol. The van der Waals surface area contributed by atoms with E-state index in [1.807, 2.05) is 18.2 Å². The van der Waals surface area contributed by atoms with E-state index in [1.165, 1.54) is 19.4 Å². The van der Waals surface area contributed by atoms with Crippen LogP contribution in [-0.2, 0) is 6.61 Å². The maximum absolute atomic E-state index is 11.3. The molecule has 0 spiro atoms. The number of benzene rings is 3. The van der Waals surface area contributed by atoms with E-state index < -0.39 is 21.2 Å². The Balaban J connectivity index is 1.84. The summed E-state index contributed by atoms with van der Waals surface area (Å²) in [5, 5.41) is 26.7. The van der Waals surface area contributed by atoms with Crippen molar-refractivity contribution >= 4 is 34.9 Å². The van der Waals surface area contributed by atoms with Crippen molar-refractivity contribution in [2.75, 3.05) is 12.5 Å². The number of hydrogen-bond donors (Lipinski definition) is 1. The molecule has 0 saturated heterocycles. The van der Waals surface area contributed by atoms with Crippen LogP contribution in [0.5, 0.6) is 11.5 Å². The summed E-state index contributed by atoms with van der Waals surface area (Å²) >= 11 is 6.18. The van der Waals surface area contributed by atoms with Crippen molar-refractivity contribution in [1.29, 1.82) is 0 Å². The number of non-ortho nitro benzene ring substituents is 1. The minimum absolute atomic E-state index is 0.00159. The Morgan fingerprint density at radius 1 is 1.06 bits per heavy atom. The number of nitro benzene ring substituents is 2. The number of para-hydroxylation sites is 1. The van der Waals surface area contributed by atoms with Gasteiger partial charge < -0.3 is 9.47 Å². The second-order valence-corrected chi connectivity index (χ2v) is 6.75. The van der Waals surface area contributed by atoms with Gasteiger partial charge in [-0.1, -0.05) is 35.9 Å². The van der Waals surface area contributed by atoms with Gasteiger partial charge >= 0.3 is 5.69 Å². The fourth-order valence-corrected chi connectivity index (χ4v) is 2.96. The third-order valence-electron chi connectivity index (χ3n) is 4.34. The maximum atomic E-state index is 11.3. The van der Waals surface area contributed by atoms with E-state index in [4.69, 9.17) is 21.1 Å². The van der Waals surface area contributed by atoms with Gasteiger partial charge in [-0.3, -0.25) is 25.7 Å². The van der Waals surface area contributed by atoms with Gasteiger partial charge in [-0.15, -0.1) is 0 Å². The van der Waals surface area contributed by atoms with Crippen LogP contribution in [0.15, 0.2) is 65.8 Å². The summed E-state index contributed by atoms with van der Waals surface area (Å²) in [5.41, 5.74) is 2.99. The first-order valence-electron chi connectivity index (χ1n) is 9.16. The predicted molar refractivity (Wildman–Crippen MR) is 120 cm³/mol. The summed E-state index contributed by atoms with van der Waals surface area (Å²) in [7, 11) is 1.50. The number of nitrogens with one attached hydrogen (secondary N) is 1. The second-order valence-electron chi connectivity index (χ2n) is 6.34. The largest absolute Gasteiger partial charge is 0.493 e. The van der Waals surface area contributed by atoms with Gasteiger partial charge in [-0.2, -0.15) is 5.10 Å². The number of rotatable bonds is 9. The molecule has 0 aliphatic rings. The van der Waals surface area contributed by atoms with Crippen molar-refractivity contribution in [1.82, 2.24) is 0 Å². The van der Waals surface area contributed by atoms with Crippen molar-refractivity contribution in [3.8, 4) is 11.5 Å². The number of hydrazone groups is 1. The van der Waals surface area contributed by atoms with Crippen LogP contribution < -0.4 is 14.9 Å². The lowest BCUT2D eigenvalue weighted by Crippen LogP contribution is -2.02. The number of halogens is 1. The lowest BCUT2D eigenvalue weighted by Gasteiger charge is -2.14. The van der Waals surface area contributed by atoms with Crippen LogP contribution in [-0.4, -0.2) is 23.2 Å². The molecule has 11 heteroatoms. The van der Waals surface area contributed by atoms with E-state index in [2.05, 4.69) is 10.5 Å². The number of nitrogens with zero attached hydrogens (tertiary/aromatic N) is 3. The van der Waals surface area contributed by atoms with Gasteiger partial charge in [0.05, 0.1) is 29.2 Å². The average Bonchev–Trinajstić information content (AvgIpc) is 2.78. The Kier molecular flexibility index (Phi) is 7.19. The summed E-state index contributed by atoms with van der Waals surface area (Å²) in [5.74, 6) is 0.862. The highest BCUT2D eigenvalue weighted by molar-refractivity contribution is 6.31. The Hall–Kier alpha value is -4.18. The lowest BCUT2D eigenvalue weighted by atomic mass is 10.2. The molecule has 3 rings (SSSR count). The molecule has 0 aliphatic carbocycles. The smallest absolute Gasteiger partial charge is 0.301 e. The molecule has 0 aliphatic heterocycles. The second kappa shape index (κ2) is 10.2. The van der Waals surface area contributed by atoms with Crippen molar-refractivity contribution in [2.24, 2.45) is 5.10 Å². The van der Waals surface area contributed by atoms with Gasteiger partial charge in [0, 0.05) is 22.2 Å². The van der Waals surface area contributed by atoms with E-state index in [9.17, 15) is 20.2 Å². The van der Waals surface area contributed by atoms with E-state index >= 15 is 0 Å². The summed E-state index contributed by atoms with van der Waals surface area (Å²) < 4.78 is 11.3. The zero-order valence-corrected chi connectivity index (χ0v) is 17.5. The molecule has 164 valence electrons. The summed E-state index contributed by atoms with van der Waals surface area (Å²) in [6, 6.07) is 15.6. The molecule has 3 aromatic carbocycles. The number of anilines is 1. The highest BCUT2D eigenvalue weighted by atomic mass is 35.5. The van der Waals surface area contributed by atoms with Crippen molar-refractivity contribution in [3.63, 3.8) is 0 Å². The maximum Gasteiger partial charge on any atom is 0.301 e. The number of methoxy groups -OCH3 is 1. The first-order chi connectivity index (χ1) is 15.4. The van der Waals surface area contributed by atoms with Crippen LogP contribution in [0.3, 0.4) is 0 Å². The summed E-state index contributed by atoms with van der Waals surface area (Å²) in [4.78, 5) is 20.7. The van der Waals surface area contributed by atoms with Gasteiger partial charge in [0.15, 0.2) is 11.5 Å². The highest BCUT2D eigenvalue weighted by Crippen LogP contribution is 2.32. The quantitative estimate of drug-likeness (QED) is 0.266. The minimum atomic E-state index is -0.728. The van der Waals surface area contributed by atoms with Crippen LogP contribution in [0, 0.1) is 20.2 Å². The van der Waals surface area contributed by atoms with E-state index in [0.717, 1.165) is 17.7 Å². The minimum Gasteiger partial charge on any atom is -0.493 e. The van der Waals surface area contributed by atoms with Gasteiger partial charge in [-0.25, -0.2) is 0 Å². The molecule has 1 N–H and O–H groups in total. The molecule has 0 heterocycles. The molecule has 0 radical (unpaired) electrons. The van der Waals surface area contributed by atoms with Crippen molar-refractivity contribution in [3.05, 3.63) is 97.0 Å². The molecule has 10 nitrogen and oxygen atoms in total. The van der Waals surface area contributed by atoms with Gasteiger partial charge in [0.2, 0.25) is 0 Å². The zero-order chi connectivity index (χ0) is 23.1. The molecule has 0 saturated carbocycles. The Morgan fingerprint density at radius 3 is 2.53 bits per heavy atom. The first kappa shape index (κ1) is 22.5. The molecule has 0 bridgehead atoms. The Bertz CT molecular complexity index is 1180. The SMILES string of the molecule is COc1cccc(C=NNc2ccc([N+](=O)[O-])cc2[N+](=O)[O-])c1OCc1ccccc1Cl. The fraction of sp³-hybridized carbons (Fsp3) is 0.0952. The number of hydrogen-bond acceptors (Lipinski definition) is 8. The monoisotopic (exact) mass is 456 g/mol. The number of nitro groups is 2.